The number of hydrogen-bond acceptors (Lipinski definition) is 7. The van der Waals surface area contributed by atoms with Gasteiger partial charge in [0.05, 0.1) is 37.7 Å². The van der Waals surface area contributed by atoms with Crippen molar-refractivity contribution < 1.29 is 27.4 Å². The molecular weight excluding hydrogens is 554 g/mol. The summed E-state index contributed by atoms with van der Waals surface area (Å²) >= 11 is 6.22. The van der Waals surface area contributed by atoms with Crippen molar-refractivity contribution in [2.24, 2.45) is 0 Å². The molecule has 11 heteroatoms. The number of nitrogens with one attached hydrogen (secondary N) is 2. The first-order valence-electron chi connectivity index (χ1n) is 12.7. The summed E-state index contributed by atoms with van der Waals surface area (Å²) in [5.74, 6) is 0.911. The van der Waals surface area contributed by atoms with Gasteiger partial charge in [0.2, 0.25) is 11.7 Å². The summed E-state index contributed by atoms with van der Waals surface area (Å²) in [7, 11) is 0.498. The number of anilines is 3. The molecule has 0 unspecified atom stereocenters. The van der Waals surface area contributed by atoms with Gasteiger partial charge in [-0.3, -0.25) is 9.52 Å². The zero-order valence-electron chi connectivity index (χ0n) is 22.6. The minimum absolute atomic E-state index is 0.0562. The predicted octanol–water partition coefficient (Wildman–Crippen LogP) is 5.81. The Hall–Kier alpha value is -3.89. The molecule has 0 saturated carbocycles. The molecule has 1 aliphatic rings. The van der Waals surface area contributed by atoms with Crippen molar-refractivity contribution in [2.75, 3.05) is 49.4 Å². The van der Waals surface area contributed by atoms with Gasteiger partial charge < -0.3 is 24.4 Å². The number of piperidine rings is 1. The number of para-hydroxylation sites is 1. The summed E-state index contributed by atoms with van der Waals surface area (Å²) in [6, 6.07) is 14.9. The molecule has 0 atom stereocenters. The zero-order chi connectivity index (χ0) is 28.7. The number of hydrogen-bond donors (Lipinski definition) is 2. The van der Waals surface area contributed by atoms with Crippen LogP contribution in [0.1, 0.15) is 24.8 Å². The molecule has 1 amide bonds. The Morgan fingerprint density at radius 2 is 1.60 bits per heavy atom. The number of amides is 1. The predicted molar refractivity (Wildman–Crippen MR) is 159 cm³/mol. The highest BCUT2D eigenvalue weighted by atomic mass is 35.5. The number of carbonyl (C=O) groups excluding carboxylic acids is 1. The van der Waals surface area contributed by atoms with Crippen LogP contribution < -0.4 is 29.1 Å². The fourth-order valence-electron chi connectivity index (χ4n) is 4.50. The molecule has 0 aromatic heterocycles. The van der Waals surface area contributed by atoms with Gasteiger partial charge in [0.25, 0.3) is 10.0 Å². The topological polar surface area (TPSA) is 106 Å². The Morgan fingerprint density at radius 3 is 2.23 bits per heavy atom. The van der Waals surface area contributed by atoms with Gasteiger partial charge in [-0.15, -0.1) is 0 Å². The monoisotopic (exact) mass is 585 g/mol. The lowest BCUT2D eigenvalue weighted by molar-refractivity contribution is -0.111. The van der Waals surface area contributed by atoms with Crippen LogP contribution in [0, 0.1) is 0 Å². The number of carbonyl (C=O) groups is 1. The third-order valence-corrected chi connectivity index (χ3v) is 8.17. The molecule has 1 aliphatic heterocycles. The van der Waals surface area contributed by atoms with Crippen LogP contribution in [-0.2, 0) is 14.8 Å². The van der Waals surface area contributed by atoms with E-state index in [0.29, 0.717) is 34.2 Å². The Balaban J connectivity index is 1.61. The van der Waals surface area contributed by atoms with E-state index in [0.717, 1.165) is 32.4 Å². The molecule has 0 bridgehead atoms. The van der Waals surface area contributed by atoms with Crippen molar-refractivity contribution in [2.45, 2.75) is 24.2 Å². The summed E-state index contributed by atoms with van der Waals surface area (Å²) in [5, 5.41) is 3.04. The highest BCUT2D eigenvalue weighted by molar-refractivity contribution is 7.93. The second kappa shape index (κ2) is 13.0. The summed E-state index contributed by atoms with van der Waals surface area (Å²) in [6.45, 7) is 1.50. The summed E-state index contributed by atoms with van der Waals surface area (Å²) in [6.07, 6.45) is 5.99. The van der Waals surface area contributed by atoms with Crippen molar-refractivity contribution in [3.05, 3.63) is 71.3 Å². The molecule has 1 heterocycles. The van der Waals surface area contributed by atoms with E-state index < -0.39 is 15.9 Å². The van der Waals surface area contributed by atoms with Crippen LogP contribution in [0.4, 0.5) is 17.1 Å². The number of rotatable bonds is 10. The van der Waals surface area contributed by atoms with Crippen molar-refractivity contribution in [3.63, 3.8) is 0 Å². The number of methoxy groups -OCH3 is 3. The normalized spacial score (nSPS) is 13.7. The van der Waals surface area contributed by atoms with E-state index in [-0.39, 0.29) is 15.6 Å². The molecule has 40 heavy (non-hydrogen) atoms. The number of ether oxygens (including phenoxy) is 3. The fourth-order valence-corrected chi connectivity index (χ4v) is 6.07. The van der Waals surface area contributed by atoms with Crippen molar-refractivity contribution in [3.8, 4) is 17.2 Å². The quantitative estimate of drug-likeness (QED) is 0.289. The number of sulfonamides is 1. The van der Waals surface area contributed by atoms with Crippen LogP contribution in [0.2, 0.25) is 5.02 Å². The third-order valence-electron chi connectivity index (χ3n) is 6.45. The Labute approximate surface area is 239 Å². The molecule has 1 fully saturated rings. The van der Waals surface area contributed by atoms with Gasteiger partial charge in [-0.25, -0.2) is 8.42 Å². The smallest absolute Gasteiger partial charge is 0.264 e. The van der Waals surface area contributed by atoms with Crippen LogP contribution in [0.25, 0.3) is 6.08 Å². The van der Waals surface area contributed by atoms with E-state index in [2.05, 4.69) is 14.9 Å². The van der Waals surface area contributed by atoms with Crippen LogP contribution in [0.15, 0.2) is 65.6 Å². The molecule has 212 valence electrons. The van der Waals surface area contributed by atoms with E-state index in [1.807, 2.05) is 0 Å². The maximum atomic E-state index is 13.6. The molecule has 1 saturated heterocycles. The second-order valence-electron chi connectivity index (χ2n) is 9.10. The van der Waals surface area contributed by atoms with Crippen molar-refractivity contribution >= 4 is 50.7 Å². The molecule has 0 spiro atoms. The van der Waals surface area contributed by atoms with E-state index in [1.165, 1.54) is 33.5 Å². The van der Waals surface area contributed by atoms with Crippen molar-refractivity contribution in [1.29, 1.82) is 0 Å². The first kappa shape index (κ1) is 29.1. The standard InChI is InChI=1S/C29H32ClN3O6S/c1-37-25-17-20(18-26(38-2)29(25)39-3)11-14-28(34)31-21-12-13-24(33-15-7-4-8-16-33)27(19-21)40(35,36)32-23-10-6-5-9-22(23)30/h5-6,9-14,17-19,32H,4,7-8,15-16H2,1-3H3,(H,31,34)/b14-11+. The van der Waals surface area contributed by atoms with Gasteiger partial charge in [-0.05, 0) is 73.4 Å². The molecule has 3 aromatic rings. The van der Waals surface area contributed by atoms with Crippen LogP contribution in [-0.4, -0.2) is 48.7 Å². The highest BCUT2D eigenvalue weighted by Gasteiger charge is 2.25. The average Bonchev–Trinajstić information content (AvgIpc) is 2.97. The molecule has 2 N–H and O–H groups in total. The largest absolute Gasteiger partial charge is 0.493 e. The van der Waals surface area contributed by atoms with Crippen LogP contribution in [0.3, 0.4) is 0 Å². The summed E-state index contributed by atoms with van der Waals surface area (Å²) < 4.78 is 45.8. The van der Waals surface area contributed by atoms with Crippen molar-refractivity contribution in [1.82, 2.24) is 0 Å². The van der Waals surface area contributed by atoms with E-state index in [1.54, 1.807) is 54.6 Å². The lowest BCUT2D eigenvalue weighted by Gasteiger charge is -2.30. The molecule has 4 rings (SSSR count). The molecule has 3 aromatic carbocycles. The third kappa shape index (κ3) is 6.81. The van der Waals surface area contributed by atoms with Gasteiger partial charge in [0.1, 0.15) is 4.90 Å². The number of benzene rings is 3. The molecule has 0 radical (unpaired) electrons. The highest BCUT2D eigenvalue weighted by Crippen LogP contribution is 2.38. The van der Waals surface area contributed by atoms with E-state index in [4.69, 9.17) is 25.8 Å². The number of nitrogens with zero attached hydrogens (tertiary/aromatic N) is 1. The molecular formula is C29H32ClN3O6S. The van der Waals surface area contributed by atoms with Gasteiger partial charge >= 0.3 is 0 Å². The lowest BCUT2D eigenvalue weighted by Crippen LogP contribution is -2.31. The second-order valence-corrected chi connectivity index (χ2v) is 11.2. The van der Waals surface area contributed by atoms with Gasteiger partial charge in [-0.1, -0.05) is 23.7 Å². The number of halogens is 1. The van der Waals surface area contributed by atoms with Crippen LogP contribution >= 0.6 is 11.6 Å². The maximum absolute atomic E-state index is 13.6. The Morgan fingerprint density at radius 1 is 0.925 bits per heavy atom. The van der Waals surface area contributed by atoms with Gasteiger partial charge in [0.15, 0.2) is 11.5 Å². The van der Waals surface area contributed by atoms with Gasteiger partial charge in [0, 0.05) is 24.9 Å². The zero-order valence-corrected chi connectivity index (χ0v) is 24.1. The van der Waals surface area contributed by atoms with E-state index in [9.17, 15) is 13.2 Å². The first-order valence-corrected chi connectivity index (χ1v) is 14.6. The lowest BCUT2D eigenvalue weighted by atomic mass is 10.1. The minimum Gasteiger partial charge on any atom is -0.493 e. The maximum Gasteiger partial charge on any atom is 0.264 e. The van der Waals surface area contributed by atoms with Crippen LogP contribution in [0.5, 0.6) is 17.2 Å². The average molecular weight is 586 g/mol. The van der Waals surface area contributed by atoms with E-state index >= 15 is 0 Å². The molecule has 0 aliphatic carbocycles. The Bertz CT molecular complexity index is 1480. The minimum atomic E-state index is -4.04. The fraction of sp³-hybridized carbons (Fsp3) is 0.276. The Kier molecular flexibility index (Phi) is 9.44. The summed E-state index contributed by atoms with van der Waals surface area (Å²) in [5.41, 5.74) is 1.83. The first-order chi connectivity index (χ1) is 19.2. The SMILES string of the molecule is COc1cc(/C=C/C(=O)Nc2ccc(N3CCCCC3)c(S(=O)(=O)Nc3ccccc3Cl)c2)cc(OC)c1OC. The summed E-state index contributed by atoms with van der Waals surface area (Å²) in [4.78, 5) is 14.9. The van der Waals surface area contributed by atoms with Gasteiger partial charge in [-0.2, -0.15) is 0 Å². The molecule has 9 nitrogen and oxygen atoms in total.